The molecular formula is C16H13N5O2S. The lowest BCUT2D eigenvalue weighted by molar-refractivity contribution is 0.601. The van der Waals surface area contributed by atoms with Crippen molar-refractivity contribution in [1.82, 2.24) is 14.6 Å². The number of nitrogens with zero attached hydrogens (tertiary/aromatic N) is 4. The molecule has 0 saturated heterocycles. The molecule has 0 unspecified atom stereocenters. The van der Waals surface area contributed by atoms with Crippen LogP contribution >= 0.6 is 0 Å². The summed E-state index contributed by atoms with van der Waals surface area (Å²) in [5, 5.41) is 13.3. The van der Waals surface area contributed by atoms with E-state index in [0.717, 1.165) is 18.7 Å². The average molecular weight is 339 g/mol. The van der Waals surface area contributed by atoms with E-state index in [9.17, 15) is 8.42 Å². The second-order valence-corrected chi connectivity index (χ2v) is 7.36. The van der Waals surface area contributed by atoms with Crippen molar-refractivity contribution in [3.05, 3.63) is 54.0 Å². The number of benzene rings is 1. The summed E-state index contributed by atoms with van der Waals surface area (Å²) < 4.78 is 29.3. The van der Waals surface area contributed by atoms with Gasteiger partial charge in [-0.05, 0) is 43.2 Å². The van der Waals surface area contributed by atoms with Gasteiger partial charge in [0.05, 0.1) is 22.2 Å². The summed E-state index contributed by atoms with van der Waals surface area (Å²) in [6.45, 7) is 0. The van der Waals surface area contributed by atoms with Crippen LogP contribution in [0.25, 0.3) is 5.65 Å². The number of aromatic nitrogens is 3. The molecule has 1 aliphatic carbocycles. The molecule has 8 heteroatoms. The fraction of sp³-hybridized carbons (Fsp3) is 0.188. The Hall–Kier alpha value is -2.92. The summed E-state index contributed by atoms with van der Waals surface area (Å²) in [7, 11) is -3.81. The zero-order valence-corrected chi connectivity index (χ0v) is 13.4. The maximum atomic E-state index is 12.6. The number of nitriles is 1. The molecule has 24 heavy (non-hydrogen) atoms. The van der Waals surface area contributed by atoms with Gasteiger partial charge in [0, 0.05) is 12.1 Å². The number of anilines is 1. The molecule has 0 radical (unpaired) electrons. The van der Waals surface area contributed by atoms with Crippen molar-refractivity contribution in [1.29, 1.82) is 5.26 Å². The predicted molar refractivity (Wildman–Crippen MR) is 86.9 cm³/mol. The fourth-order valence-electron chi connectivity index (χ4n) is 2.45. The highest BCUT2D eigenvalue weighted by Crippen LogP contribution is 2.38. The highest BCUT2D eigenvalue weighted by Gasteiger charge is 2.28. The minimum absolute atomic E-state index is 0.0329. The Kier molecular flexibility index (Phi) is 3.25. The zero-order chi connectivity index (χ0) is 16.7. The molecule has 7 nitrogen and oxygen atoms in total. The van der Waals surface area contributed by atoms with E-state index in [1.54, 1.807) is 28.9 Å². The van der Waals surface area contributed by atoms with Crippen molar-refractivity contribution in [2.45, 2.75) is 23.7 Å². The van der Waals surface area contributed by atoms with E-state index in [1.165, 1.54) is 18.2 Å². The summed E-state index contributed by atoms with van der Waals surface area (Å²) in [6.07, 6.45) is 3.88. The van der Waals surface area contributed by atoms with E-state index >= 15 is 0 Å². The van der Waals surface area contributed by atoms with Gasteiger partial charge in [0.15, 0.2) is 11.5 Å². The maximum absolute atomic E-state index is 12.6. The number of rotatable bonds is 4. The van der Waals surface area contributed by atoms with E-state index in [0.29, 0.717) is 17.3 Å². The summed E-state index contributed by atoms with van der Waals surface area (Å²) in [5.41, 5.74) is 1.12. The van der Waals surface area contributed by atoms with Crippen LogP contribution in [0.3, 0.4) is 0 Å². The van der Waals surface area contributed by atoms with Gasteiger partial charge in [-0.15, -0.1) is 0 Å². The summed E-state index contributed by atoms with van der Waals surface area (Å²) >= 11 is 0. The zero-order valence-electron chi connectivity index (χ0n) is 12.5. The first kappa shape index (κ1) is 14.7. The van der Waals surface area contributed by atoms with E-state index in [1.807, 2.05) is 6.07 Å². The van der Waals surface area contributed by atoms with Crippen LogP contribution in [0.2, 0.25) is 0 Å². The standard InChI is InChI=1S/C16H13N5O2S/c17-10-11-3-1-4-13(9-11)24(22,23)20-14-5-2-8-21-16(14)18-15(19-21)12-6-7-12/h1-5,8-9,12,20H,6-7H2. The smallest absolute Gasteiger partial charge is 0.262 e. The van der Waals surface area contributed by atoms with Crippen LogP contribution in [0.4, 0.5) is 5.69 Å². The molecule has 0 spiro atoms. The highest BCUT2D eigenvalue weighted by atomic mass is 32.2. The third-order valence-electron chi connectivity index (χ3n) is 3.84. The molecule has 2 aromatic heterocycles. The normalized spacial score (nSPS) is 14.5. The highest BCUT2D eigenvalue weighted by molar-refractivity contribution is 7.92. The Bertz CT molecular complexity index is 1080. The van der Waals surface area contributed by atoms with Gasteiger partial charge >= 0.3 is 0 Å². The lowest BCUT2D eigenvalue weighted by Crippen LogP contribution is -2.14. The van der Waals surface area contributed by atoms with Crippen LogP contribution in [0.1, 0.15) is 30.1 Å². The molecule has 3 aromatic rings. The molecule has 0 amide bonds. The van der Waals surface area contributed by atoms with E-state index in [2.05, 4.69) is 14.8 Å². The molecule has 0 aliphatic heterocycles. The van der Waals surface area contributed by atoms with Crippen LogP contribution < -0.4 is 4.72 Å². The van der Waals surface area contributed by atoms with Crippen molar-refractivity contribution in [2.24, 2.45) is 0 Å². The minimum Gasteiger partial charge on any atom is -0.276 e. The number of sulfonamides is 1. The molecule has 4 rings (SSSR count). The van der Waals surface area contributed by atoms with Gasteiger partial charge in [-0.1, -0.05) is 6.07 Å². The molecule has 1 N–H and O–H groups in total. The second-order valence-electron chi connectivity index (χ2n) is 5.68. The number of hydrogen-bond donors (Lipinski definition) is 1. The Morgan fingerprint density at radius 2 is 2.08 bits per heavy atom. The van der Waals surface area contributed by atoms with Gasteiger partial charge in [-0.2, -0.15) is 10.4 Å². The quantitative estimate of drug-likeness (QED) is 0.786. The van der Waals surface area contributed by atoms with Crippen molar-refractivity contribution < 1.29 is 8.42 Å². The molecule has 120 valence electrons. The first-order valence-corrected chi connectivity index (χ1v) is 8.93. The van der Waals surface area contributed by atoms with E-state index in [-0.39, 0.29) is 10.5 Å². The monoisotopic (exact) mass is 339 g/mol. The lowest BCUT2D eigenvalue weighted by Gasteiger charge is -2.08. The van der Waals surface area contributed by atoms with Gasteiger partial charge in [0.2, 0.25) is 0 Å². The molecule has 1 aromatic carbocycles. The van der Waals surface area contributed by atoms with Crippen molar-refractivity contribution in [2.75, 3.05) is 4.72 Å². The van der Waals surface area contributed by atoms with Gasteiger partial charge in [0.25, 0.3) is 10.0 Å². The molecular weight excluding hydrogens is 326 g/mol. The molecule has 0 bridgehead atoms. The SMILES string of the molecule is N#Cc1cccc(S(=O)(=O)Nc2cccn3nc(C4CC4)nc23)c1. The molecule has 2 heterocycles. The van der Waals surface area contributed by atoms with Crippen LogP contribution in [-0.2, 0) is 10.0 Å². The third kappa shape index (κ3) is 2.59. The van der Waals surface area contributed by atoms with Gasteiger partial charge in [-0.3, -0.25) is 4.72 Å². The van der Waals surface area contributed by atoms with Gasteiger partial charge in [-0.25, -0.2) is 17.9 Å². The van der Waals surface area contributed by atoms with Gasteiger partial charge in [0.1, 0.15) is 0 Å². The summed E-state index contributed by atoms with van der Waals surface area (Å²) in [5.74, 6) is 1.12. The lowest BCUT2D eigenvalue weighted by atomic mass is 10.2. The Morgan fingerprint density at radius 3 is 2.83 bits per heavy atom. The Morgan fingerprint density at radius 1 is 1.25 bits per heavy atom. The first-order valence-electron chi connectivity index (χ1n) is 7.45. The second kappa shape index (κ2) is 5.32. The number of nitrogens with one attached hydrogen (secondary N) is 1. The number of fused-ring (bicyclic) bond motifs is 1. The average Bonchev–Trinajstić information content (AvgIpc) is 3.34. The van der Waals surface area contributed by atoms with Crippen LogP contribution in [0.15, 0.2) is 47.5 Å². The van der Waals surface area contributed by atoms with Crippen molar-refractivity contribution in [3.8, 4) is 6.07 Å². The number of hydrogen-bond acceptors (Lipinski definition) is 5. The summed E-state index contributed by atoms with van der Waals surface area (Å²) in [6, 6.07) is 11.2. The fourth-order valence-corrected chi connectivity index (χ4v) is 3.56. The largest absolute Gasteiger partial charge is 0.276 e. The molecule has 1 aliphatic rings. The maximum Gasteiger partial charge on any atom is 0.262 e. The predicted octanol–water partition coefficient (Wildman–Crippen LogP) is 2.28. The van der Waals surface area contributed by atoms with Crippen molar-refractivity contribution >= 4 is 21.4 Å². The topological polar surface area (TPSA) is 100 Å². The molecule has 1 saturated carbocycles. The van der Waals surface area contributed by atoms with E-state index < -0.39 is 10.0 Å². The Balaban J connectivity index is 1.74. The number of pyridine rings is 1. The van der Waals surface area contributed by atoms with Crippen molar-refractivity contribution in [3.63, 3.8) is 0 Å². The van der Waals surface area contributed by atoms with Crippen LogP contribution in [-0.4, -0.2) is 23.0 Å². The molecule has 0 atom stereocenters. The minimum atomic E-state index is -3.81. The van der Waals surface area contributed by atoms with E-state index in [4.69, 9.17) is 5.26 Å². The molecule has 1 fully saturated rings. The Labute approximate surface area is 138 Å². The first-order chi connectivity index (χ1) is 11.6. The van der Waals surface area contributed by atoms with Crippen LogP contribution in [0, 0.1) is 11.3 Å². The third-order valence-corrected chi connectivity index (χ3v) is 5.20. The van der Waals surface area contributed by atoms with Crippen LogP contribution in [0.5, 0.6) is 0 Å². The van der Waals surface area contributed by atoms with Gasteiger partial charge < -0.3 is 0 Å². The summed E-state index contributed by atoms with van der Waals surface area (Å²) in [4.78, 5) is 4.49.